The zero-order valence-corrected chi connectivity index (χ0v) is 12.7. The summed E-state index contributed by atoms with van der Waals surface area (Å²) in [7, 11) is 0. The minimum absolute atomic E-state index is 0. The highest BCUT2D eigenvalue weighted by Crippen LogP contribution is 2.16. The first-order valence-electron chi connectivity index (χ1n) is 6.94. The first-order valence-corrected chi connectivity index (χ1v) is 6.94. The molecule has 1 aromatic rings. The number of piperidine rings is 1. The number of hydrogen-bond acceptors (Lipinski definition) is 3. The molecule has 2 N–H and O–H groups in total. The number of amides is 1. The van der Waals surface area contributed by atoms with Gasteiger partial charge in [-0.15, -0.1) is 12.4 Å². The molecule has 1 heterocycles. The SMILES string of the molecule is CCOC1CCCN(C(=O)c2ccc(CN)cc2)C1.Cl. The second-order valence-corrected chi connectivity index (χ2v) is 4.87. The molecule has 0 saturated carbocycles. The molecule has 0 radical (unpaired) electrons. The van der Waals surface area contributed by atoms with Gasteiger partial charge < -0.3 is 15.4 Å². The fourth-order valence-corrected chi connectivity index (χ4v) is 2.46. The Morgan fingerprint density at radius 2 is 2.10 bits per heavy atom. The summed E-state index contributed by atoms with van der Waals surface area (Å²) in [4.78, 5) is 14.3. The van der Waals surface area contributed by atoms with Crippen molar-refractivity contribution in [2.75, 3.05) is 19.7 Å². The lowest BCUT2D eigenvalue weighted by atomic mass is 10.1. The Bertz CT molecular complexity index is 420. The van der Waals surface area contributed by atoms with Crippen LogP contribution in [0.4, 0.5) is 0 Å². The van der Waals surface area contributed by atoms with E-state index in [9.17, 15) is 4.79 Å². The summed E-state index contributed by atoms with van der Waals surface area (Å²) in [6.45, 7) is 4.72. The summed E-state index contributed by atoms with van der Waals surface area (Å²) in [6.07, 6.45) is 2.24. The number of rotatable bonds is 4. The predicted molar refractivity (Wildman–Crippen MR) is 82.1 cm³/mol. The van der Waals surface area contributed by atoms with Crippen LogP contribution < -0.4 is 5.73 Å². The van der Waals surface area contributed by atoms with E-state index in [-0.39, 0.29) is 24.4 Å². The van der Waals surface area contributed by atoms with Crippen molar-refractivity contribution in [1.82, 2.24) is 4.90 Å². The van der Waals surface area contributed by atoms with Crippen LogP contribution in [0.5, 0.6) is 0 Å². The quantitative estimate of drug-likeness (QED) is 0.927. The van der Waals surface area contributed by atoms with Gasteiger partial charge in [-0.1, -0.05) is 12.1 Å². The maximum atomic E-state index is 12.4. The van der Waals surface area contributed by atoms with Gasteiger partial charge in [0.15, 0.2) is 0 Å². The minimum Gasteiger partial charge on any atom is -0.377 e. The van der Waals surface area contributed by atoms with Crippen molar-refractivity contribution < 1.29 is 9.53 Å². The monoisotopic (exact) mass is 298 g/mol. The van der Waals surface area contributed by atoms with Gasteiger partial charge in [0.1, 0.15) is 0 Å². The molecule has 4 nitrogen and oxygen atoms in total. The van der Waals surface area contributed by atoms with Gasteiger partial charge in [-0.05, 0) is 37.5 Å². The molecule has 0 spiro atoms. The number of benzene rings is 1. The molecule has 112 valence electrons. The Morgan fingerprint density at radius 1 is 1.40 bits per heavy atom. The van der Waals surface area contributed by atoms with Gasteiger partial charge in [-0.2, -0.15) is 0 Å². The average Bonchev–Trinajstić information content (AvgIpc) is 2.47. The molecule has 1 saturated heterocycles. The van der Waals surface area contributed by atoms with Crippen LogP contribution in [0.3, 0.4) is 0 Å². The van der Waals surface area contributed by atoms with Crippen LogP contribution in [0.15, 0.2) is 24.3 Å². The highest BCUT2D eigenvalue weighted by Gasteiger charge is 2.24. The molecule has 1 fully saturated rings. The predicted octanol–water partition coefficient (Wildman–Crippen LogP) is 2.21. The summed E-state index contributed by atoms with van der Waals surface area (Å²) < 4.78 is 5.63. The molecule has 1 atom stereocenters. The van der Waals surface area contributed by atoms with E-state index in [2.05, 4.69) is 0 Å². The molecule has 0 bridgehead atoms. The fraction of sp³-hybridized carbons (Fsp3) is 0.533. The molecular formula is C15H23ClN2O2. The molecule has 2 rings (SSSR count). The van der Waals surface area contributed by atoms with Crippen molar-refractivity contribution >= 4 is 18.3 Å². The summed E-state index contributed by atoms with van der Waals surface area (Å²) >= 11 is 0. The molecule has 1 unspecified atom stereocenters. The molecule has 5 heteroatoms. The minimum atomic E-state index is 0. The third-order valence-electron chi connectivity index (χ3n) is 3.50. The Labute approximate surface area is 126 Å². The topological polar surface area (TPSA) is 55.6 Å². The molecule has 1 aliphatic rings. The van der Waals surface area contributed by atoms with Crippen LogP contribution >= 0.6 is 12.4 Å². The van der Waals surface area contributed by atoms with Crippen LogP contribution in [0.25, 0.3) is 0 Å². The van der Waals surface area contributed by atoms with E-state index in [0.29, 0.717) is 19.7 Å². The van der Waals surface area contributed by atoms with E-state index >= 15 is 0 Å². The van der Waals surface area contributed by atoms with Crippen LogP contribution in [0.1, 0.15) is 35.7 Å². The van der Waals surface area contributed by atoms with E-state index in [1.165, 1.54) is 0 Å². The van der Waals surface area contributed by atoms with Crippen molar-refractivity contribution in [1.29, 1.82) is 0 Å². The highest BCUT2D eigenvalue weighted by molar-refractivity contribution is 5.94. The molecule has 1 aliphatic heterocycles. The second kappa shape index (κ2) is 8.25. The number of hydrogen-bond donors (Lipinski definition) is 1. The lowest BCUT2D eigenvalue weighted by molar-refractivity contribution is 0.00724. The van der Waals surface area contributed by atoms with Gasteiger partial charge >= 0.3 is 0 Å². The zero-order chi connectivity index (χ0) is 13.7. The van der Waals surface area contributed by atoms with E-state index in [4.69, 9.17) is 10.5 Å². The molecule has 1 aromatic carbocycles. The van der Waals surface area contributed by atoms with Gasteiger partial charge in [0.05, 0.1) is 6.10 Å². The lowest BCUT2D eigenvalue weighted by Crippen LogP contribution is -2.43. The molecule has 0 aliphatic carbocycles. The number of nitrogens with two attached hydrogens (primary N) is 1. The van der Waals surface area contributed by atoms with Crippen molar-refractivity contribution in [2.45, 2.75) is 32.4 Å². The van der Waals surface area contributed by atoms with E-state index < -0.39 is 0 Å². The van der Waals surface area contributed by atoms with Crippen LogP contribution in [-0.4, -0.2) is 36.6 Å². The highest BCUT2D eigenvalue weighted by atomic mass is 35.5. The number of halogens is 1. The standard InChI is InChI=1S/C15H22N2O2.ClH/c1-2-19-14-4-3-9-17(11-14)15(18)13-7-5-12(10-16)6-8-13;/h5-8,14H,2-4,9-11,16H2,1H3;1H. The summed E-state index contributed by atoms with van der Waals surface area (Å²) in [5.74, 6) is 0.0907. The zero-order valence-electron chi connectivity index (χ0n) is 11.9. The van der Waals surface area contributed by atoms with Gasteiger partial charge in [0.25, 0.3) is 5.91 Å². The van der Waals surface area contributed by atoms with Crippen molar-refractivity contribution in [3.05, 3.63) is 35.4 Å². The summed E-state index contributed by atoms with van der Waals surface area (Å²) in [5.41, 5.74) is 7.33. The third-order valence-corrected chi connectivity index (χ3v) is 3.50. The van der Waals surface area contributed by atoms with Gasteiger partial charge in [0, 0.05) is 31.8 Å². The van der Waals surface area contributed by atoms with E-state index in [0.717, 1.165) is 30.5 Å². The van der Waals surface area contributed by atoms with Gasteiger partial charge in [0.2, 0.25) is 0 Å². The molecule has 20 heavy (non-hydrogen) atoms. The number of likely N-dealkylation sites (tertiary alicyclic amines) is 1. The summed E-state index contributed by atoms with van der Waals surface area (Å²) in [5, 5.41) is 0. The van der Waals surface area contributed by atoms with Crippen molar-refractivity contribution in [3.8, 4) is 0 Å². The summed E-state index contributed by atoms with van der Waals surface area (Å²) in [6, 6.07) is 7.54. The number of carbonyl (C=O) groups excluding carboxylic acids is 1. The van der Waals surface area contributed by atoms with Gasteiger partial charge in [-0.3, -0.25) is 4.79 Å². The number of ether oxygens (including phenoxy) is 1. The van der Waals surface area contributed by atoms with Crippen LogP contribution in [0.2, 0.25) is 0 Å². The maximum Gasteiger partial charge on any atom is 0.253 e. The lowest BCUT2D eigenvalue weighted by Gasteiger charge is -2.32. The molecular weight excluding hydrogens is 276 g/mol. The Morgan fingerprint density at radius 3 is 2.70 bits per heavy atom. The largest absolute Gasteiger partial charge is 0.377 e. The Kier molecular flexibility index (Phi) is 6.99. The van der Waals surface area contributed by atoms with Crippen LogP contribution in [0, 0.1) is 0 Å². The maximum absolute atomic E-state index is 12.4. The van der Waals surface area contributed by atoms with E-state index in [1.807, 2.05) is 36.1 Å². The normalized spacial score (nSPS) is 18.5. The third kappa shape index (κ3) is 4.20. The van der Waals surface area contributed by atoms with Crippen LogP contribution in [-0.2, 0) is 11.3 Å². The number of nitrogens with zero attached hydrogens (tertiary/aromatic N) is 1. The molecule has 0 aromatic heterocycles. The van der Waals surface area contributed by atoms with Crippen molar-refractivity contribution in [3.63, 3.8) is 0 Å². The Balaban J connectivity index is 0.00000200. The fourth-order valence-electron chi connectivity index (χ4n) is 2.46. The second-order valence-electron chi connectivity index (χ2n) is 4.87. The van der Waals surface area contributed by atoms with Crippen molar-refractivity contribution in [2.24, 2.45) is 5.73 Å². The molecule has 1 amide bonds. The Hall–Kier alpha value is -1.10. The van der Waals surface area contributed by atoms with E-state index in [1.54, 1.807) is 0 Å². The smallest absolute Gasteiger partial charge is 0.253 e. The van der Waals surface area contributed by atoms with Gasteiger partial charge in [-0.25, -0.2) is 0 Å². The first-order chi connectivity index (χ1) is 9.24. The average molecular weight is 299 g/mol. The number of carbonyl (C=O) groups is 1. The first kappa shape index (κ1) is 17.0.